The summed E-state index contributed by atoms with van der Waals surface area (Å²) in [5.41, 5.74) is 1.84. The first-order chi connectivity index (χ1) is 13.6. The van der Waals surface area contributed by atoms with Crippen molar-refractivity contribution in [3.8, 4) is 11.5 Å². The van der Waals surface area contributed by atoms with Crippen molar-refractivity contribution in [2.45, 2.75) is 32.2 Å². The van der Waals surface area contributed by atoms with E-state index in [-0.39, 0.29) is 6.03 Å². The Morgan fingerprint density at radius 3 is 2.36 bits per heavy atom. The molecule has 28 heavy (non-hydrogen) atoms. The molecular weight excluding hydrogens is 356 g/mol. The Morgan fingerprint density at radius 1 is 1.04 bits per heavy atom. The van der Waals surface area contributed by atoms with Crippen LogP contribution in [0.3, 0.4) is 0 Å². The monoisotopic (exact) mass is 380 g/mol. The fourth-order valence-electron chi connectivity index (χ4n) is 3.12. The second-order valence-electron chi connectivity index (χ2n) is 6.50. The number of carbonyl (C=O) groups is 2. The van der Waals surface area contributed by atoms with E-state index in [1.807, 2.05) is 54.6 Å². The molecule has 0 fully saturated rings. The van der Waals surface area contributed by atoms with Crippen LogP contribution >= 0.6 is 0 Å². The zero-order valence-electron chi connectivity index (χ0n) is 16.0. The van der Waals surface area contributed by atoms with Crippen molar-refractivity contribution in [1.82, 2.24) is 10.6 Å². The van der Waals surface area contributed by atoms with Gasteiger partial charge in [0, 0.05) is 5.70 Å². The minimum absolute atomic E-state index is 0.326. The topological polar surface area (TPSA) is 76.7 Å². The molecule has 2 amide bonds. The van der Waals surface area contributed by atoms with Gasteiger partial charge in [-0.25, -0.2) is 9.59 Å². The van der Waals surface area contributed by atoms with Crippen LogP contribution in [0.1, 0.15) is 37.8 Å². The van der Waals surface area contributed by atoms with Crippen LogP contribution in [0.5, 0.6) is 11.5 Å². The van der Waals surface area contributed by atoms with Gasteiger partial charge in [0.2, 0.25) is 0 Å². The second kappa shape index (κ2) is 9.08. The summed E-state index contributed by atoms with van der Waals surface area (Å²) in [4.78, 5) is 24.6. The smallest absolute Gasteiger partial charge is 0.337 e. The third-order valence-electron chi connectivity index (χ3n) is 4.53. The number of nitrogens with one attached hydrogen (secondary N) is 2. The van der Waals surface area contributed by atoms with Gasteiger partial charge in [-0.3, -0.25) is 0 Å². The van der Waals surface area contributed by atoms with Crippen molar-refractivity contribution in [3.63, 3.8) is 0 Å². The number of unbranched alkanes of at least 4 members (excludes halogenated alkanes) is 1. The highest BCUT2D eigenvalue weighted by Gasteiger charge is 2.33. The molecule has 0 spiro atoms. The zero-order valence-corrected chi connectivity index (χ0v) is 16.0. The number of para-hydroxylation sites is 1. The first kappa shape index (κ1) is 19.5. The van der Waals surface area contributed by atoms with Crippen LogP contribution in [-0.2, 0) is 9.53 Å². The molecule has 146 valence electrons. The minimum atomic E-state index is -0.571. The third kappa shape index (κ3) is 4.52. The molecule has 6 nitrogen and oxygen atoms in total. The molecule has 0 bridgehead atoms. The van der Waals surface area contributed by atoms with Gasteiger partial charge in [-0.2, -0.15) is 0 Å². The molecule has 1 atom stereocenters. The fraction of sp³-hybridized carbons (Fsp3) is 0.273. The molecule has 2 N–H and O–H groups in total. The number of esters is 1. The van der Waals surface area contributed by atoms with Crippen molar-refractivity contribution in [3.05, 3.63) is 71.4 Å². The maximum atomic E-state index is 12.4. The summed E-state index contributed by atoms with van der Waals surface area (Å²) in [5, 5.41) is 5.59. The predicted molar refractivity (Wildman–Crippen MR) is 106 cm³/mol. The molecule has 2 aromatic rings. The predicted octanol–water partition coefficient (Wildman–Crippen LogP) is 4.45. The third-order valence-corrected chi connectivity index (χ3v) is 4.53. The molecule has 0 saturated carbocycles. The van der Waals surface area contributed by atoms with Crippen molar-refractivity contribution < 1.29 is 19.1 Å². The van der Waals surface area contributed by atoms with Crippen molar-refractivity contribution in [1.29, 1.82) is 0 Å². The van der Waals surface area contributed by atoms with Crippen LogP contribution in [-0.4, -0.2) is 19.1 Å². The van der Waals surface area contributed by atoms with Crippen molar-refractivity contribution in [2.24, 2.45) is 0 Å². The lowest BCUT2D eigenvalue weighted by Crippen LogP contribution is -2.45. The average Bonchev–Trinajstić information content (AvgIpc) is 2.72. The van der Waals surface area contributed by atoms with Gasteiger partial charge < -0.3 is 20.1 Å². The highest BCUT2D eigenvalue weighted by atomic mass is 16.5. The average molecular weight is 380 g/mol. The zero-order chi connectivity index (χ0) is 19.9. The molecule has 0 radical (unpaired) electrons. The molecule has 1 aliphatic heterocycles. The van der Waals surface area contributed by atoms with E-state index in [0.29, 0.717) is 23.4 Å². The summed E-state index contributed by atoms with van der Waals surface area (Å²) >= 11 is 0. The second-order valence-corrected chi connectivity index (χ2v) is 6.50. The van der Waals surface area contributed by atoms with Gasteiger partial charge in [-0.15, -0.1) is 0 Å². The SMILES string of the molecule is CCCCC1=C(C(=O)OC)C(c2ccc(Oc3ccccc3)cc2)NC(=O)N1. The summed E-state index contributed by atoms with van der Waals surface area (Å²) in [6.45, 7) is 2.06. The molecule has 0 saturated heterocycles. The number of rotatable bonds is 7. The van der Waals surface area contributed by atoms with Crippen LogP contribution in [0, 0.1) is 0 Å². The number of ether oxygens (including phenoxy) is 2. The summed E-state index contributed by atoms with van der Waals surface area (Å²) < 4.78 is 10.8. The Bertz CT molecular complexity index is 860. The van der Waals surface area contributed by atoms with Gasteiger partial charge in [-0.1, -0.05) is 43.7 Å². The fourth-order valence-corrected chi connectivity index (χ4v) is 3.12. The molecule has 3 rings (SSSR count). The number of hydrogen-bond acceptors (Lipinski definition) is 4. The lowest BCUT2D eigenvalue weighted by Gasteiger charge is -2.29. The van der Waals surface area contributed by atoms with Gasteiger partial charge in [-0.05, 0) is 42.7 Å². The molecule has 0 aromatic heterocycles. The Kier molecular flexibility index (Phi) is 6.32. The van der Waals surface area contributed by atoms with Crippen molar-refractivity contribution in [2.75, 3.05) is 7.11 Å². The van der Waals surface area contributed by atoms with Gasteiger partial charge >= 0.3 is 12.0 Å². The number of benzene rings is 2. The molecule has 1 heterocycles. The van der Waals surface area contributed by atoms with Gasteiger partial charge in [0.05, 0.1) is 18.7 Å². The van der Waals surface area contributed by atoms with E-state index in [9.17, 15) is 9.59 Å². The number of amides is 2. The van der Waals surface area contributed by atoms with Crippen LogP contribution in [0.4, 0.5) is 4.79 Å². The summed E-state index contributed by atoms with van der Waals surface area (Å²) in [6.07, 6.45) is 2.43. The molecule has 1 aliphatic rings. The number of carbonyl (C=O) groups excluding carboxylic acids is 2. The minimum Gasteiger partial charge on any atom is -0.466 e. The molecule has 0 aliphatic carbocycles. The standard InChI is InChI=1S/C22H24N2O4/c1-3-4-10-18-19(21(25)27-2)20(24-22(26)23-18)15-11-13-17(14-12-15)28-16-8-6-5-7-9-16/h5-9,11-14,20H,3-4,10H2,1-2H3,(H2,23,24,26). The summed E-state index contributed by atoms with van der Waals surface area (Å²) in [7, 11) is 1.34. The van der Waals surface area contributed by atoms with E-state index in [2.05, 4.69) is 17.6 Å². The lowest BCUT2D eigenvalue weighted by molar-refractivity contribution is -0.136. The first-order valence-corrected chi connectivity index (χ1v) is 9.34. The number of methoxy groups -OCH3 is 1. The number of urea groups is 1. The molecular formula is C22H24N2O4. The molecule has 6 heteroatoms. The maximum absolute atomic E-state index is 12.4. The summed E-state index contributed by atoms with van der Waals surface area (Å²) in [6, 6.07) is 15.9. The van der Waals surface area contributed by atoms with Crippen LogP contribution in [0.15, 0.2) is 65.9 Å². The highest BCUT2D eigenvalue weighted by Crippen LogP contribution is 2.31. The maximum Gasteiger partial charge on any atom is 0.337 e. The van der Waals surface area contributed by atoms with E-state index < -0.39 is 12.0 Å². The van der Waals surface area contributed by atoms with Crippen LogP contribution in [0.25, 0.3) is 0 Å². The van der Waals surface area contributed by atoms with Gasteiger partial charge in [0.15, 0.2) is 0 Å². The lowest BCUT2D eigenvalue weighted by atomic mass is 9.93. The van der Waals surface area contributed by atoms with Crippen LogP contribution < -0.4 is 15.4 Å². The van der Waals surface area contributed by atoms with Gasteiger partial charge in [0.25, 0.3) is 0 Å². The highest BCUT2D eigenvalue weighted by molar-refractivity contribution is 5.95. The van der Waals surface area contributed by atoms with Crippen molar-refractivity contribution >= 4 is 12.0 Å². The van der Waals surface area contributed by atoms with Gasteiger partial charge in [0.1, 0.15) is 11.5 Å². The molecule has 2 aromatic carbocycles. The number of hydrogen-bond donors (Lipinski definition) is 2. The van der Waals surface area contributed by atoms with E-state index >= 15 is 0 Å². The van der Waals surface area contributed by atoms with E-state index in [1.54, 1.807) is 0 Å². The Balaban J connectivity index is 1.88. The first-order valence-electron chi connectivity index (χ1n) is 9.34. The van der Waals surface area contributed by atoms with Crippen LogP contribution in [0.2, 0.25) is 0 Å². The van der Waals surface area contributed by atoms with E-state index in [1.165, 1.54) is 7.11 Å². The Morgan fingerprint density at radius 2 is 1.71 bits per heavy atom. The Hall–Kier alpha value is -3.28. The van der Waals surface area contributed by atoms with E-state index in [4.69, 9.17) is 9.47 Å². The van der Waals surface area contributed by atoms with E-state index in [0.717, 1.165) is 24.2 Å². The summed E-state index contributed by atoms with van der Waals surface area (Å²) in [5.74, 6) is 0.959. The largest absolute Gasteiger partial charge is 0.466 e. The molecule has 1 unspecified atom stereocenters. The Labute approximate surface area is 164 Å². The number of allylic oxidation sites excluding steroid dienone is 1. The normalized spacial score (nSPS) is 16.2. The quantitative estimate of drug-likeness (QED) is 0.696.